The van der Waals surface area contributed by atoms with Gasteiger partial charge in [-0.2, -0.15) is 0 Å². The molecule has 9 heteroatoms. The summed E-state index contributed by atoms with van der Waals surface area (Å²) in [5.41, 5.74) is 8.90. The molecule has 0 atom stereocenters. The molecule has 0 bridgehead atoms. The Morgan fingerprint density at radius 2 is 1.90 bits per heavy atom. The molecule has 0 radical (unpaired) electrons. The van der Waals surface area contributed by atoms with Gasteiger partial charge in [-0.05, 0) is 48.9 Å². The van der Waals surface area contributed by atoms with Crippen molar-refractivity contribution in [3.05, 3.63) is 77.1 Å². The summed E-state index contributed by atoms with van der Waals surface area (Å²) in [5, 5.41) is 0. The molecule has 1 aliphatic rings. The summed E-state index contributed by atoms with van der Waals surface area (Å²) in [6.45, 7) is 2.61. The second-order valence-corrected chi connectivity index (χ2v) is 8.54. The molecule has 0 saturated heterocycles. The summed E-state index contributed by atoms with van der Waals surface area (Å²) in [7, 11) is -3.70. The van der Waals surface area contributed by atoms with E-state index in [4.69, 9.17) is 5.73 Å². The van der Waals surface area contributed by atoms with Gasteiger partial charge in [-0.3, -0.25) is 9.52 Å². The van der Waals surface area contributed by atoms with Gasteiger partial charge in [0.1, 0.15) is 0 Å². The van der Waals surface area contributed by atoms with Crippen molar-refractivity contribution in [2.75, 3.05) is 10.5 Å². The van der Waals surface area contributed by atoms with E-state index in [1.54, 1.807) is 47.5 Å². The van der Waals surface area contributed by atoms with Crippen LogP contribution in [-0.2, 0) is 23.1 Å². The number of carbonyl (C=O) groups is 1. The number of nitrogens with two attached hydrogens (primary N) is 1. The van der Waals surface area contributed by atoms with E-state index in [-0.39, 0.29) is 16.8 Å². The Balaban J connectivity index is 1.48. The van der Waals surface area contributed by atoms with Crippen LogP contribution in [0.1, 0.15) is 27.2 Å². The van der Waals surface area contributed by atoms with E-state index in [0.29, 0.717) is 24.3 Å². The normalized spacial score (nSPS) is 13.2. The van der Waals surface area contributed by atoms with Gasteiger partial charge >= 0.3 is 0 Å². The number of carbonyl (C=O) groups excluding carboxylic acids is 1. The second-order valence-electron chi connectivity index (χ2n) is 6.86. The number of nitrogens with zero attached hydrogens (tertiary/aromatic N) is 3. The molecule has 2 heterocycles. The van der Waals surface area contributed by atoms with E-state index < -0.39 is 10.0 Å². The lowest BCUT2D eigenvalue weighted by atomic mass is 10.2. The number of aryl methyl sites for hydroxylation is 1. The first-order chi connectivity index (χ1) is 13.8. The highest BCUT2D eigenvalue weighted by molar-refractivity contribution is 7.92. The third kappa shape index (κ3) is 3.90. The van der Waals surface area contributed by atoms with Crippen molar-refractivity contribution in [3.8, 4) is 0 Å². The first-order valence-electron chi connectivity index (χ1n) is 8.91. The van der Waals surface area contributed by atoms with Gasteiger partial charge in [0.25, 0.3) is 15.9 Å². The molecule has 0 unspecified atom stereocenters. The van der Waals surface area contributed by atoms with E-state index in [1.807, 2.05) is 13.0 Å². The Kier molecular flexibility index (Phi) is 4.67. The number of rotatable bonds is 4. The van der Waals surface area contributed by atoms with Crippen molar-refractivity contribution < 1.29 is 13.2 Å². The molecule has 3 aromatic rings. The van der Waals surface area contributed by atoms with Crippen molar-refractivity contribution >= 4 is 27.6 Å². The zero-order valence-electron chi connectivity index (χ0n) is 15.7. The van der Waals surface area contributed by atoms with E-state index in [1.165, 1.54) is 6.07 Å². The van der Waals surface area contributed by atoms with Crippen LogP contribution in [0.5, 0.6) is 0 Å². The van der Waals surface area contributed by atoms with Crippen LogP contribution in [0.2, 0.25) is 0 Å². The lowest BCUT2D eigenvalue weighted by Crippen LogP contribution is -2.25. The van der Waals surface area contributed by atoms with E-state index >= 15 is 0 Å². The number of aromatic nitrogens is 2. The van der Waals surface area contributed by atoms with Crippen LogP contribution in [0.25, 0.3) is 0 Å². The van der Waals surface area contributed by atoms with Gasteiger partial charge in [-0.1, -0.05) is 12.1 Å². The van der Waals surface area contributed by atoms with E-state index in [9.17, 15) is 13.2 Å². The van der Waals surface area contributed by atoms with Crippen LogP contribution in [0.15, 0.2) is 59.6 Å². The topological polar surface area (TPSA) is 118 Å². The summed E-state index contributed by atoms with van der Waals surface area (Å²) in [6.07, 6.45) is 1.63. The zero-order valence-corrected chi connectivity index (χ0v) is 16.5. The van der Waals surface area contributed by atoms with Gasteiger partial charge in [0, 0.05) is 29.6 Å². The number of nitrogen functional groups attached to an aromatic ring is 1. The van der Waals surface area contributed by atoms with Gasteiger partial charge < -0.3 is 10.6 Å². The van der Waals surface area contributed by atoms with Gasteiger partial charge in [-0.15, -0.1) is 0 Å². The van der Waals surface area contributed by atoms with Crippen molar-refractivity contribution in [2.45, 2.75) is 24.9 Å². The quantitative estimate of drug-likeness (QED) is 0.683. The van der Waals surface area contributed by atoms with Gasteiger partial charge in [-0.25, -0.2) is 18.4 Å². The van der Waals surface area contributed by atoms with Gasteiger partial charge in [0.15, 0.2) is 0 Å². The Bertz CT molecular complexity index is 1190. The van der Waals surface area contributed by atoms with Crippen LogP contribution >= 0.6 is 0 Å². The molecular weight excluding hydrogens is 390 g/mol. The number of amides is 1. The number of anilines is 2. The Morgan fingerprint density at radius 1 is 1.14 bits per heavy atom. The monoisotopic (exact) mass is 409 g/mol. The molecule has 3 N–H and O–H groups in total. The first kappa shape index (κ1) is 18.9. The maximum absolute atomic E-state index is 12.8. The van der Waals surface area contributed by atoms with Crippen LogP contribution in [-0.4, -0.2) is 29.2 Å². The largest absolute Gasteiger partial charge is 0.368 e. The number of benzene rings is 2. The molecular formula is C20H19N5O3S. The molecule has 2 aromatic carbocycles. The molecule has 0 saturated carbocycles. The fourth-order valence-electron chi connectivity index (χ4n) is 3.17. The van der Waals surface area contributed by atoms with E-state index in [0.717, 1.165) is 16.8 Å². The average molecular weight is 409 g/mol. The fourth-order valence-corrected chi connectivity index (χ4v) is 4.34. The third-order valence-corrected chi connectivity index (χ3v) is 6.02. The minimum atomic E-state index is -3.70. The van der Waals surface area contributed by atoms with E-state index in [2.05, 4.69) is 14.7 Å². The van der Waals surface area contributed by atoms with Crippen LogP contribution in [0.4, 0.5) is 11.6 Å². The number of hydrogen-bond donors (Lipinski definition) is 2. The Hall–Kier alpha value is -3.46. The third-order valence-electron chi connectivity index (χ3n) is 4.65. The fraction of sp³-hybridized carbons (Fsp3) is 0.150. The lowest BCUT2D eigenvalue weighted by molar-refractivity contribution is 0.0750. The lowest BCUT2D eigenvalue weighted by Gasteiger charge is -2.15. The van der Waals surface area contributed by atoms with Gasteiger partial charge in [0.2, 0.25) is 5.95 Å². The van der Waals surface area contributed by atoms with Crippen molar-refractivity contribution in [3.63, 3.8) is 0 Å². The molecule has 148 valence electrons. The predicted octanol–water partition coefficient (Wildman–Crippen LogP) is 2.32. The second kappa shape index (κ2) is 7.17. The summed E-state index contributed by atoms with van der Waals surface area (Å²) < 4.78 is 27.6. The highest BCUT2D eigenvalue weighted by Gasteiger charge is 2.26. The predicted molar refractivity (Wildman–Crippen MR) is 108 cm³/mol. The zero-order chi connectivity index (χ0) is 20.6. The molecule has 8 nitrogen and oxygen atoms in total. The molecule has 1 amide bonds. The SMILES string of the molecule is Cc1cccc(S(=O)(=O)Nc2ccc(C(=O)N3Cc4cnc(N)nc4C3)cc2)c1. The summed E-state index contributed by atoms with van der Waals surface area (Å²) >= 11 is 0. The number of hydrogen-bond acceptors (Lipinski definition) is 6. The Morgan fingerprint density at radius 3 is 2.62 bits per heavy atom. The minimum absolute atomic E-state index is 0.172. The van der Waals surface area contributed by atoms with Crippen LogP contribution < -0.4 is 10.5 Å². The standard InChI is InChI=1S/C20H19N5O3S/c1-13-3-2-4-17(9-13)29(27,28)24-16-7-5-14(6-8-16)19(26)25-11-15-10-22-20(21)23-18(15)12-25/h2-10,24H,11-12H2,1H3,(H2,21,22,23). The van der Waals surface area contributed by atoms with Crippen molar-refractivity contribution in [1.82, 2.24) is 14.9 Å². The Labute approximate surface area is 168 Å². The minimum Gasteiger partial charge on any atom is -0.368 e. The molecule has 0 aliphatic carbocycles. The maximum atomic E-state index is 12.8. The number of nitrogens with one attached hydrogen (secondary N) is 1. The number of sulfonamides is 1. The smallest absolute Gasteiger partial charge is 0.261 e. The molecule has 4 rings (SSSR count). The molecule has 0 fully saturated rings. The van der Waals surface area contributed by atoms with Crippen molar-refractivity contribution in [1.29, 1.82) is 0 Å². The summed E-state index contributed by atoms with van der Waals surface area (Å²) in [4.78, 5) is 22.7. The van der Waals surface area contributed by atoms with Crippen molar-refractivity contribution in [2.24, 2.45) is 0 Å². The van der Waals surface area contributed by atoms with Crippen LogP contribution in [0, 0.1) is 6.92 Å². The van der Waals surface area contributed by atoms with Crippen LogP contribution in [0.3, 0.4) is 0 Å². The highest BCUT2D eigenvalue weighted by Crippen LogP contribution is 2.24. The summed E-state index contributed by atoms with van der Waals surface area (Å²) in [5.74, 6) is 0.0120. The molecule has 0 spiro atoms. The average Bonchev–Trinajstić information content (AvgIpc) is 3.11. The highest BCUT2D eigenvalue weighted by atomic mass is 32.2. The molecule has 1 aromatic heterocycles. The van der Waals surface area contributed by atoms with Gasteiger partial charge in [0.05, 0.1) is 17.1 Å². The first-order valence-corrected chi connectivity index (χ1v) is 10.4. The summed E-state index contributed by atoms with van der Waals surface area (Å²) in [6, 6.07) is 13.0. The maximum Gasteiger partial charge on any atom is 0.261 e. The molecule has 29 heavy (non-hydrogen) atoms. The molecule has 1 aliphatic heterocycles. The number of fused-ring (bicyclic) bond motifs is 1.